The monoisotopic (exact) mass is 544 g/mol. The number of nitrogens with one attached hydrogen (secondary N) is 2. The van der Waals surface area contributed by atoms with Crippen molar-refractivity contribution in [2.24, 2.45) is 0 Å². The first kappa shape index (κ1) is 28.3. The standard InChI is InChI=1S/C23H30F2N4O7S/c1-33-14-11-15(34-2)19(25)13(18(14)24)12-36-20-17(22(31)35-3)21(37-28-20)27-23(32)26-8-4-5-9-29-10-6-7-16(29)30/h11,16,30H,4-10,12H2,1-3H3,(H2,26,27,32)/t16-/m1/s1. The Bertz CT molecular complexity index is 1070. The molecular weight excluding hydrogens is 514 g/mol. The molecule has 0 saturated carbocycles. The predicted octanol–water partition coefficient (Wildman–Crippen LogP) is 3.12. The Morgan fingerprint density at radius 2 is 1.89 bits per heavy atom. The lowest BCUT2D eigenvalue weighted by molar-refractivity contribution is 0.0373. The summed E-state index contributed by atoms with van der Waals surface area (Å²) < 4.78 is 53.3. The van der Waals surface area contributed by atoms with Crippen LogP contribution in [0.5, 0.6) is 17.4 Å². The summed E-state index contributed by atoms with van der Waals surface area (Å²) in [6.45, 7) is 1.34. The van der Waals surface area contributed by atoms with E-state index in [2.05, 4.69) is 15.0 Å². The molecule has 1 saturated heterocycles. The highest BCUT2D eigenvalue weighted by atomic mass is 32.1. The van der Waals surface area contributed by atoms with Gasteiger partial charge in [-0.15, -0.1) is 0 Å². The number of halogens is 2. The van der Waals surface area contributed by atoms with Gasteiger partial charge in [0.1, 0.15) is 17.8 Å². The molecule has 1 fully saturated rings. The molecule has 1 aliphatic heterocycles. The largest absolute Gasteiger partial charge is 0.494 e. The van der Waals surface area contributed by atoms with Gasteiger partial charge in [-0.3, -0.25) is 10.2 Å². The number of hydrogen-bond donors (Lipinski definition) is 3. The molecule has 11 nitrogen and oxygen atoms in total. The Balaban J connectivity index is 1.62. The van der Waals surface area contributed by atoms with E-state index >= 15 is 0 Å². The smallest absolute Gasteiger partial charge is 0.346 e. The molecule has 14 heteroatoms. The topological polar surface area (TPSA) is 131 Å². The number of likely N-dealkylation sites (tertiary alicyclic amines) is 1. The molecule has 3 N–H and O–H groups in total. The maximum absolute atomic E-state index is 14.6. The molecule has 1 aromatic heterocycles. The van der Waals surface area contributed by atoms with Crippen molar-refractivity contribution >= 4 is 28.5 Å². The highest BCUT2D eigenvalue weighted by Gasteiger charge is 2.27. The lowest BCUT2D eigenvalue weighted by Gasteiger charge is -2.19. The average Bonchev–Trinajstić information content (AvgIpc) is 3.48. The molecule has 204 valence electrons. The fourth-order valence-electron chi connectivity index (χ4n) is 3.80. The van der Waals surface area contributed by atoms with Gasteiger partial charge in [-0.1, -0.05) is 0 Å². The van der Waals surface area contributed by atoms with E-state index in [1.165, 1.54) is 14.2 Å². The van der Waals surface area contributed by atoms with Crippen molar-refractivity contribution in [1.29, 1.82) is 0 Å². The van der Waals surface area contributed by atoms with Crippen LogP contribution in [0, 0.1) is 11.6 Å². The zero-order valence-electron chi connectivity index (χ0n) is 20.8. The van der Waals surface area contributed by atoms with E-state index in [0.29, 0.717) is 13.0 Å². The van der Waals surface area contributed by atoms with Gasteiger partial charge in [-0.25, -0.2) is 18.4 Å². The van der Waals surface area contributed by atoms with Gasteiger partial charge in [0.05, 0.1) is 26.9 Å². The van der Waals surface area contributed by atoms with Crippen molar-refractivity contribution in [3.05, 3.63) is 28.8 Å². The second-order valence-corrected chi connectivity index (χ2v) is 8.88. The summed E-state index contributed by atoms with van der Waals surface area (Å²) in [4.78, 5) is 26.7. The zero-order valence-corrected chi connectivity index (χ0v) is 21.6. The summed E-state index contributed by atoms with van der Waals surface area (Å²) in [7, 11) is 3.57. The fraction of sp³-hybridized carbons (Fsp3) is 0.522. The number of amides is 2. The number of nitrogens with zero attached hydrogens (tertiary/aromatic N) is 2. The van der Waals surface area contributed by atoms with Gasteiger partial charge in [0, 0.05) is 25.7 Å². The number of esters is 1. The molecule has 2 heterocycles. The first-order valence-electron chi connectivity index (χ1n) is 11.6. The number of hydrogen-bond acceptors (Lipinski definition) is 10. The summed E-state index contributed by atoms with van der Waals surface area (Å²) >= 11 is 0.749. The Morgan fingerprint density at radius 3 is 2.49 bits per heavy atom. The highest BCUT2D eigenvalue weighted by Crippen LogP contribution is 2.35. The number of carbonyl (C=O) groups excluding carboxylic acids is 2. The molecular formula is C23H30F2N4O7S. The summed E-state index contributed by atoms with van der Waals surface area (Å²) in [5.74, 6) is -3.61. The number of aliphatic hydroxyl groups excluding tert-OH is 1. The highest BCUT2D eigenvalue weighted by molar-refractivity contribution is 7.11. The molecule has 3 rings (SSSR count). The van der Waals surface area contributed by atoms with Gasteiger partial charge >= 0.3 is 12.0 Å². The van der Waals surface area contributed by atoms with Crippen LogP contribution in [0.1, 0.15) is 41.6 Å². The number of methoxy groups -OCH3 is 3. The minimum Gasteiger partial charge on any atom is -0.494 e. The van der Waals surface area contributed by atoms with Crippen molar-refractivity contribution < 1.29 is 42.4 Å². The van der Waals surface area contributed by atoms with E-state index in [1.54, 1.807) is 0 Å². The molecule has 0 bridgehead atoms. The molecule has 0 aliphatic carbocycles. The maximum atomic E-state index is 14.6. The van der Waals surface area contributed by atoms with E-state index in [-0.39, 0.29) is 27.9 Å². The molecule has 1 aromatic carbocycles. The average molecular weight is 545 g/mol. The van der Waals surface area contributed by atoms with Crippen LogP contribution in [-0.2, 0) is 11.3 Å². The van der Waals surface area contributed by atoms with E-state index in [9.17, 15) is 23.5 Å². The van der Waals surface area contributed by atoms with Crippen LogP contribution in [0.15, 0.2) is 6.07 Å². The second kappa shape index (κ2) is 13.4. The SMILES string of the molecule is COC(=O)c1c(OCc2c(F)c(OC)cc(OC)c2F)nsc1NC(=O)NCCCCN1CCC[C@H]1O. The molecule has 2 amide bonds. The van der Waals surface area contributed by atoms with Crippen molar-refractivity contribution in [1.82, 2.24) is 14.6 Å². The number of aliphatic hydroxyl groups is 1. The van der Waals surface area contributed by atoms with E-state index in [0.717, 1.165) is 57.1 Å². The Kier molecular flexibility index (Phi) is 10.2. The first-order valence-corrected chi connectivity index (χ1v) is 12.3. The maximum Gasteiger partial charge on any atom is 0.346 e. The Labute approximate surface area is 216 Å². The van der Waals surface area contributed by atoms with Crippen molar-refractivity contribution in [2.45, 2.75) is 38.5 Å². The first-order chi connectivity index (χ1) is 17.8. The molecule has 37 heavy (non-hydrogen) atoms. The normalized spacial score (nSPS) is 15.4. The van der Waals surface area contributed by atoms with Crippen LogP contribution in [0.25, 0.3) is 0 Å². The molecule has 0 unspecified atom stereocenters. The van der Waals surface area contributed by atoms with Crippen molar-refractivity contribution in [3.8, 4) is 17.4 Å². The van der Waals surface area contributed by atoms with Gasteiger partial charge in [0.2, 0.25) is 5.88 Å². The number of rotatable bonds is 12. The van der Waals surface area contributed by atoms with Gasteiger partial charge in [-0.2, -0.15) is 4.37 Å². The number of benzene rings is 1. The van der Waals surface area contributed by atoms with Crippen LogP contribution in [0.4, 0.5) is 18.6 Å². The number of carbonyl (C=O) groups is 2. The van der Waals surface area contributed by atoms with Gasteiger partial charge in [0.15, 0.2) is 28.7 Å². The van der Waals surface area contributed by atoms with Crippen LogP contribution in [0.3, 0.4) is 0 Å². The van der Waals surface area contributed by atoms with E-state index in [4.69, 9.17) is 18.9 Å². The van der Waals surface area contributed by atoms with Crippen molar-refractivity contribution in [2.75, 3.05) is 46.3 Å². The Hall–Kier alpha value is -3.23. The van der Waals surface area contributed by atoms with Crippen LogP contribution < -0.4 is 24.8 Å². The van der Waals surface area contributed by atoms with Crippen LogP contribution >= 0.6 is 11.5 Å². The molecule has 1 aliphatic rings. The summed E-state index contributed by atoms with van der Waals surface area (Å²) in [6.07, 6.45) is 2.85. The summed E-state index contributed by atoms with van der Waals surface area (Å²) in [5, 5.41) is 15.1. The quantitative estimate of drug-likeness (QED) is 0.272. The second-order valence-electron chi connectivity index (χ2n) is 8.11. The molecule has 1 atom stereocenters. The van der Waals surface area contributed by atoms with Gasteiger partial charge in [-0.05, 0) is 37.2 Å². The lowest BCUT2D eigenvalue weighted by atomic mass is 10.1. The number of ether oxygens (including phenoxy) is 4. The summed E-state index contributed by atoms with van der Waals surface area (Å²) in [6, 6.07) is 0.490. The Morgan fingerprint density at radius 1 is 1.19 bits per heavy atom. The van der Waals surface area contributed by atoms with E-state index < -0.39 is 42.0 Å². The van der Waals surface area contributed by atoms with E-state index in [1.807, 2.05) is 4.90 Å². The third kappa shape index (κ3) is 6.96. The minimum atomic E-state index is -0.993. The third-order valence-electron chi connectivity index (χ3n) is 5.78. The fourth-order valence-corrected chi connectivity index (χ4v) is 4.52. The number of unbranched alkanes of at least 4 members (excludes halogenated alkanes) is 1. The number of urea groups is 1. The van der Waals surface area contributed by atoms with Crippen LogP contribution in [0.2, 0.25) is 0 Å². The van der Waals surface area contributed by atoms with Crippen LogP contribution in [-0.4, -0.2) is 73.6 Å². The molecule has 2 aromatic rings. The number of aromatic nitrogens is 1. The molecule has 0 radical (unpaired) electrons. The molecule has 0 spiro atoms. The minimum absolute atomic E-state index is 0.0451. The third-order valence-corrected chi connectivity index (χ3v) is 6.53. The summed E-state index contributed by atoms with van der Waals surface area (Å²) in [5.41, 5.74) is -0.685. The predicted molar refractivity (Wildman–Crippen MR) is 130 cm³/mol. The van der Waals surface area contributed by atoms with Gasteiger partial charge in [0.25, 0.3) is 0 Å². The zero-order chi connectivity index (χ0) is 26.9. The number of anilines is 1. The van der Waals surface area contributed by atoms with Gasteiger partial charge < -0.3 is 29.4 Å². The lowest BCUT2D eigenvalue weighted by Crippen LogP contribution is -2.32. The van der Waals surface area contributed by atoms with Crippen molar-refractivity contribution in [3.63, 3.8) is 0 Å².